The van der Waals surface area contributed by atoms with E-state index in [-0.39, 0.29) is 22.4 Å². The molecule has 6 nitrogen and oxygen atoms in total. The van der Waals surface area contributed by atoms with Crippen molar-refractivity contribution in [3.8, 4) is 11.3 Å². The van der Waals surface area contributed by atoms with E-state index in [1.165, 1.54) is 0 Å². The third kappa shape index (κ3) is 4.20. The van der Waals surface area contributed by atoms with Gasteiger partial charge >= 0.3 is 0 Å². The summed E-state index contributed by atoms with van der Waals surface area (Å²) in [6, 6.07) is 12.9. The molecule has 1 aliphatic heterocycles. The van der Waals surface area contributed by atoms with Gasteiger partial charge in [-0.25, -0.2) is 0 Å². The number of rotatable bonds is 6. The smallest absolute Gasteiger partial charge is 0.261 e. The molecule has 1 fully saturated rings. The van der Waals surface area contributed by atoms with E-state index >= 15 is 0 Å². The standard InChI is InChI=1S/C20H25N3O3/c1-26-14-20(9-11-21-12-10-20)13-22-18(24)16-7-8-17(23-19(16)25)15-5-3-2-4-6-15/h2-8,21H,9-14H2,1H3,(H,22,24)(H,23,25). The van der Waals surface area contributed by atoms with Crippen molar-refractivity contribution >= 4 is 5.91 Å². The number of carbonyl (C=O) groups is 1. The molecule has 138 valence electrons. The number of hydrogen-bond acceptors (Lipinski definition) is 4. The van der Waals surface area contributed by atoms with Crippen molar-refractivity contribution in [1.82, 2.24) is 15.6 Å². The van der Waals surface area contributed by atoms with E-state index in [2.05, 4.69) is 15.6 Å². The second-order valence-corrected chi connectivity index (χ2v) is 6.85. The monoisotopic (exact) mass is 355 g/mol. The second-order valence-electron chi connectivity index (χ2n) is 6.85. The number of benzene rings is 1. The van der Waals surface area contributed by atoms with E-state index in [1.807, 2.05) is 30.3 Å². The molecule has 1 aliphatic rings. The molecule has 0 atom stereocenters. The molecule has 1 saturated heterocycles. The minimum atomic E-state index is -0.380. The highest BCUT2D eigenvalue weighted by Gasteiger charge is 2.32. The number of piperidine rings is 1. The number of carbonyl (C=O) groups excluding carboxylic acids is 1. The van der Waals surface area contributed by atoms with Gasteiger partial charge in [-0.15, -0.1) is 0 Å². The molecule has 0 radical (unpaired) electrons. The van der Waals surface area contributed by atoms with Crippen molar-refractivity contribution in [3.63, 3.8) is 0 Å². The molecule has 1 amide bonds. The number of amides is 1. The summed E-state index contributed by atoms with van der Waals surface area (Å²) in [5, 5.41) is 6.25. The lowest BCUT2D eigenvalue weighted by molar-refractivity contribution is 0.0511. The lowest BCUT2D eigenvalue weighted by atomic mass is 9.79. The fourth-order valence-electron chi connectivity index (χ4n) is 3.44. The van der Waals surface area contributed by atoms with Crippen LogP contribution in [0.5, 0.6) is 0 Å². The SMILES string of the molecule is COCC1(CNC(=O)c2ccc(-c3ccccc3)[nH]c2=O)CCNCC1. The zero-order chi connectivity index (χ0) is 18.4. The van der Waals surface area contributed by atoms with Crippen LogP contribution in [-0.2, 0) is 4.74 Å². The third-order valence-corrected chi connectivity index (χ3v) is 4.98. The van der Waals surface area contributed by atoms with Crippen molar-refractivity contribution in [2.24, 2.45) is 5.41 Å². The highest BCUT2D eigenvalue weighted by atomic mass is 16.5. The molecule has 0 spiro atoms. The number of aromatic nitrogens is 1. The van der Waals surface area contributed by atoms with E-state index in [0.717, 1.165) is 31.5 Å². The van der Waals surface area contributed by atoms with Crippen LogP contribution in [0, 0.1) is 5.41 Å². The first-order chi connectivity index (χ1) is 12.6. The Morgan fingerprint density at radius 2 is 1.88 bits per heavy atom. The number of ether oxygens (including phenoxy) is 1. The fourth-order valence-corrected chi connectivity index (χ4v) is 3.44. The Labute approximate surface area is 153 Å². The van der Waals surface area contributed by atoms with Gasteiger partial charge in [0.05, 0.1) is 6.61 Å². The molecule has 0 unspecified atom stereocenters. The number of hydrogen-bond donors (Lipinski definition) is 3. The van der Waals surface area contributed by atoms with Crippen molar-refractivity contribution in [2.75, 3.05) is 33.4 Å². The third-order valence-electron chi connectivity index (χ3n) is 4.98. The summed E-state index contributed by atoms with van der Waals surface area (Å²) in [7, 11) is 1.68. The van der Waals surface area contributed by atoms with Crippen molar-refractivity contribution in [1.29, 1.82) is 0 Å². The van der Waals surface area contributed by atoms with Crippen LogP contribution in [0.25, 0.3) is 11.3 Å². The first kappa shape index (κ1) is 18.4. The first-order valence-corrected chi connectivity index (χ1v) is 8.90. The van der Waals surface area contributed by atoms with Crippen LogP contribution in [0.15, 0.2) is 47.3 Å². The zero-order valence-electron chi connectivity index (χ0n) is 15.0. The summed E-state index contributed by atoms with van der Waals surface area (Å²) in [4.78, 5) is 27.7. The maximum atomic E-state index is 12.5. The van der Waals surface area contributed by atoms with Gasteiger partial charge in [0.1, 0.15) is 5.56 Å². The summed E-state index contributed by atoms with van der Waals surface area (Å²) < 4.78 is 5.36. The minimum Gasteiger partial charge on any atom is -0.384 e. The molecule has 3 rings (SSSR count). The summed E-state index contributed by atoms with van der Waals surface area (Å²) in [6.45, 7) is 2.91. The summed E-state index contributed by atoms with van der Waals surface area (Å²) in [6.07, 6.45) is 1.87. The molecule has 0 bridgehead atoms. The Kier molecular flexibility index (Phi) is 5.85. The molecule has 0 aliphatic carbocycles. The number of H-pyrrole nitrogens is 1. The molecule has 1 aromatic carbocycles. The molecular formula is C20H25N3O3. The molecular weight excluding hydrogens is 330 g/mol. The minimum absolute atomic E-state index is 0.0770. The van der Waals surface area contributed by atoms with E-state index in [0.29, 0.717) is 18.8 Å². The maximum Gasteiger partial charge on any atom is 0.261 e. The van der Waals surface area contributed by atoms with Crippen LogP contribution in [-0.4, -0.2) is 44.2 Å². The molecule has 2 heterocycles. The van der Waals surface area contributed by atoms with E-state index in [1.54, 1.807) is 19.2 Å². The number of nitrogens with one attached hydrogen (secondary N) is 3. The fraction of sp³-hybridized carbons (Fsp3) is 0.400. The highest BCUT2D eigenvalue weighted by molar-refractivity contribution is 5.94. The lowest BCUT2D eigenvalue weighted by Gasteiger charge is -2.37. The predicted octanol–water partition coefficient (Wildman–Crippen LogP) is 1.79. The van der Waals surface area contributed by atoms with Gasteiger partial charge in [-0.1, -0.05) is 30.3 Å². The van der Waals surface area contributed by atoms with Crippen molar-refractivity contribution < 1.29 is 9.53 Å². The molecule has 26 heavy (non-hydrogen) atoms. The predicted molar refractivity (Wildman–Crippen MR) is 101 cm³/mol. The van der Waals surface area contributed by atoms with Gasteiger partial charge in [-0.05, 0) is 43.6 Å². The number of pyridine rings is 1. The van der Waals surface area contributed by atoms with E-state index in [4.69, 9.17) is 4.74 Å². The van der Waals surface area contributed by atoms with Crippen molar-refractivity contribution in [2.45, 2.75) is 12.8 Å². The Morgan fingerprint density at radius 3 is 2.54 bits per heavy atom. The Hall–Kier alpha value is -2.44. The average molecular weight is 355 g/mol. The highest BCUT2D eigenvalue weighted by Crippen LogP contribution is 2.28. The molecule has 1 aromatic heterocycles. The van der Waals surface area contributed by atoms with Crippen LogP contribution in [0.1, 0.15) is 23.2 Å². The Morgan fingerprint density at radius 1 is 1.15 bits per heavy atom. The summed E-state index contributed by atoms with van der Waals surface area (Å²) in [5.41, 5.74) is 1.28. The Bertz CT molecular complexity index is 790. The normalized spacial score (nSPS) is 16.2. The Balaban J connectivity index is 1.71. The van der Waals surface area contributed by atoms with Gasteiger partial charge in [0.2, 0.25) is 0 Å². The lowest BCUT2D eigenvalue weighted by Crippen LogP contribution is -2.47. The summed E-state index contributed by atoms with van der Waals surface area (Å²) in [5.74, 6) is -0.347. The largest absolute Gasteiger partial charge is 0.384 e. The van der Waals surface area contributed by atoms with Crippen LogP contribution in [0.2, 0.25) is 0 Å². The molecule has 3 N–H and O–H groups in total. The zero-order valence-corrected chi connectivity index (χ0v) is 15.0. The van der Waals surface area contributed by atoms with Gasteiger partial charge in [0.25, 0.3) is 11.5 Å². The van der Waals surface area contributed by atoms with Crippen molar-refractivity contribution in [3.05, 3.63) is 58.4 Å². The van der Waals surface area contributed by atoms with E-state index in [9.17, 15) is 9.59 Å². The molecule has 6 heteroatoms. The van der Waals surface area contributed by atoms with Gasteiger partial charge in [0, 0.05) is 24.8 Å². The van der Waals surface area contributed by atoms with Gasteiger partial charge < -0.3 is 20.4 Å². The number of methoxy groups -OCH3 is 1. The van der Waals surface area contributed by atoms with Gasteiger partial charge in [-0.2, -0.15) is 0 Å². The van der Waals surface area contributed by atoms with E-state index < -0.39 is 0 Å². The van der Waals surface area contributed by atoms with Crippen LogP contribution >= 0.6 is 0 Å². The van der Waals surface area contributed by atoms with Crippen LogP contribution in [0.4, 0.5) is 0 Å². The molecule has 0 saturated carbocycles. The van der Waals surface area contributed by atoms with Crippen LogP contribution < -0.4 is 16.2 Å². The first-order valence-electron chi connectivity index (χ1n) is 8.90. The summed E-state index contributed by atoms with van der Waals surface area (Å²) >= 11 is 0. The molecule has 2 aromatic rings. The topological polar surface area (TPSA) is 83.2 Å². The maximum absolute atomic E-state index is 12.5. The van der Waals surface area contributed by atoms with Gasteiger partial charge in [-0.3, -0.25) is 9.59 Å². The van der Waals surface area contributed by atoms with Crippen LogP contribution in [0.3, 0.4) is 0 Å². The average Bonchev–Trinajstić information content (AvgIpc) is 2.68. The number of aromatic amines is 1. The van der Waals surface area contributed by atoms with Gasteiger partial charge in [0.15, 0.2) is 0 Å². The quantitative estimate of drug-likeness (QED) is 0.738. The second kappa shape index (κ2) is 8.29.